The second-order valence-electron chi connectivity index (χ2n) is 4.50. The summed E-state index contributed by atoms with van der Waals surface area (Å²) in [7, 11) is 0. The van der Waals surface area contributed by atoms with Gasteiger partial charge in [-0.25, -0.2) is 4.79 Å². The predicted molar refractivity (Wildman–Crippen MR) is 78.9 cm³/mol. The fourth-order valence-corrected chi connectivity index (χ4v) is 1.92. The molecule has 0 atom stereocenters. The molecule has 110 valence electrons. The molecule has 0 unspecified atom stereocenters. The number of likely N-dealkylation sites (tertiary alicyclic amines) is 1. The lowest BCUT2D eigenvalue weighted by molar-refractivity contribution is -0.140. The van der Waals surface area contributed by atoms with Crippen LogP contribution in [0.1, 0.15) is 26.2 Å². The van der Waals surface area contributed by atoms with Gasteiger partial charge in [0.1, 0.15) is 12.2 Å². The molecule has 1 aliphatic heterocycles. The van der Waals surface area contributed by atoms with Gasteiger partial charge in [-0.1, -0.05) is 5.92 Å². The molecule has 1 saturated heterocycles. The largest absolute Gasteiger partial charge is 0.459 e. The minimum absolute atomic E-state index is 0.224. The van der Waals surface area contributed by atoms with Crippen LogP contribution >= 0.6 is 0 Å². The number of hydrogen-bond acceptors (Lipinski definition) is 4. The monoisotopic (exact) mass is 277 g/mol. The molecule has 1 aliphatic rings. The van der Waals surface area contributed by atoms with Crippen molar-refractivity contribution in [1.29, 1.82) is 0 Å². The summed E-state index contributed by atoms with van der Waals surface area (Å²) in [4.78, 5) is 13.9. The number of ether oxygens (including phenoxy) is 2. The van der Waals surface area contributed by atoms with Gasteiger partial charge >= 0.3 is 5.97 Å². The quantitative estimate of drug-likeness (QED) is 0.235. The Morgan fingerprint density at radius 1 is 1.30 bits per heavy atom. The van der Waals surface area contributed by atoms with Crippen molar-refractivity contribution < 1.29 is 14.3 Å². The van der Waals surface area contributed by atoms with Gasteiger partial charge in [-0.3, -0.25) is 0 Å². The van der Waals surface area contributed by atoms with Gasteiger partial charge in [-0.2, -0.15) is 0 Å². The molecule has 0 saturated carbocycles. The van der Waals surface area contributed by atoms with Crippen LogP contribution in [0.3, 0.4) is 0 Å². The molecule has 1 heterocycles. The van der Waals surface area contributed by atoms with E-state index in [1.165, 1.54) is 19.3 Å². The minimum Gasteiger partial charge on any atom is -0.459 e. The molecule has 20 heavy (non-hydrogen) atoms. The number of piperidine rings is 1. The number of carbonyl (C=O) groups is 1. The first-order valence-electron chi connectivity index (χ1n) is 7.12. The maximum Gasteiger partial charge on any atom is 0.346 e. The standard InChI is InChI=1S/C16H23NO3/c1-3-15(16(18)20-14-13-19-4-2)9-8-12-17-10-6-5-7-11-17/h1,8-9,12H,4-7,10-11,13-14H2,2H3/b12-8+,15-9+. The number of terminal acetylenes is 1. The number of carbonyl (C=O) groups excluding carboxylic acids is 1. The number of nitrogens with zero attached hydrogens (tertiary/aromatic N) is 1. The fourth-order valence-electron chi connectivity index (χ4n) is 1.92. The molecular formula is C16H23NO3. The summed E-state index contributed by atoms with van der Waals surface area (Å²) in [6.07, 6.45) is 14.5. The molecule has 0 radical (unpaired) electrons. The molecular weight excluding hydrogens is 254 g/mol. The smallest absolute Gasteiger partial charge is 0.346 e. The van der Waals surface area contributed by atoms with E-state index in [4.69, 9.17) is 15.9 Å². The fraction of sp³-hybridized carbons (Fsp3) is 0.562. The first-order chi connectivity index (χ1) is 9.77. The Bertz CT molecular complexity index is 387. The number of esters is 1. The van der Waals surface area contributed by atoms with Crippen molar-refractivity contribution in [2.24, 2.45) is 0 Å². The van der Waals surface area contributed by atoms with Crippen LogP contribution in [0.25, 0.3) is 0 Å². The van der Waals surface area contributed by atoms with Gasteiger partial charge in [0.05, 0.1) is 6.61 Å². The summed E-state index contributed by atoms with van der Waals surface area (Å²) in [5, 5.41) is 0. The molecule has 0 N–H and O–H groups in total. The average Bonchev–Trinajstić information content (AvgIpc) is 2.49. The van der Waals surface area contributed by atoms with Crippen LogP contribution in [0.2, 0.25) is 0 Å². The van der Waals surface area contributed by atoms with E-state index < -0.39 is 5.97 Å². The Labute approximate surface area is 121 Å². The molecule has 4 heteroatoms. The van der Waals surface area contributed by atoms with E-state index in [9.17, 15) is 4.79 Å². The van der Waals surface area contributed by atoms with E-state index in [0.717, 1.165) is 13.1 Å². The van der Waals surface area contributed by atoms with Crippen LogP contribution in [-0.4, -0.2) is 43.8 Å². The summed E-state index contributed by atoms with van der Waals surface area (Å²) in [5.74, 6) is 1.88. The first kappa shape index (κ1) is 16.3. The van der Waals surface area contributed by atoms with E-state index in [1.54, 1.807) is 6.08 Å². The van der Waals surface area contributed by atoms with E-state index in [-0.39, 0.29) is 12.2 Å². The SMILES string of the molecule is C#C/C(=C\C=C\N1CCCCC1)C(=O)OCCOCC. The highest BCUT2D eigenvalue weighted by molar-refractivity contribution is 5.93. The summed E-state index contributed by atoms with van der Waals surface area (Å²) in [6, 6.07) is 0. The van der Waals surface area contributed by atoms with Crippen LogP contribution in [0.5, 0.6) is 0 Å². The lowest BCUT2D eigenvalue weighted by atomic mass is 10.1. The van der Waals surface area contributed by atoms with Crippen molar-refractivity contribution in [3.63, 3.8) is 0 Å². The molecule has 0 amide bonds. The van der Waals surface area contributed by atoms with Gasteiger partial charge in [0, 0.05) is 19.7 Å². The highest BCUT2D eigenvalue weighted by Crippen LogP contribution is 2.08. The summed E-state index contributed by atoms with van der Waals surface area (Å²) in [6.45, 7) is 5.24. The highest BCUT2D eigenvalue weighted by Gasteiger charge is 2.08. The Hall–Kier alpha value is -1.73. The van der Waals surface area contributed by atoms with Crippen LogP contribution in [-0.2, 0) is 14.3 Å². The maximum absolute atomic E-state index is 11.7. The third kappa shape index (κ3) is 6.44. The van der Waals surface area contributed by atoms with Crippen molar-refractivity contribution in [2.45, 2.75) is 26.2 Å². The molecule has 0 bridgehead atoms. The Kier molecular flexibility index (Phi) is 8.25. The third-order valence-corrected chi connectivity index (χ3v) is 2.99. The second kappa shape index (κ2) is 10.1. The summed E-state index contributed by atoms with van der Waals surface area (Å²) in [5.41, 5.74) is 0.231. The van der Waals surface area contributed by atoms with Crippen molar-refractivity contribution in [2.75, 3.05) is 32.9 Å². The zero-order valence-electron chi connectivity index (χ0n) is 12.1. The lowest BCUT2D eigenvalue weighted by Crippen LogP contribution is -2.23. The third-order valence-electron chi connectivity index (χ3n) is 2.99. The zero-order valence-corrected chi connectivity index (χ0v) is 12.1. The molecule has 0 aromatic heterocycles. The van der Waals surface area contributed by atoms with Crippen molar-refractivity contribution >= 4 is 5.97 Å². The topological polar surface area (TPSA) is 38.8 Å². The van der Waals surface area contributed by atoms with Crippen LogP contribution < -0.4 is 0 Å². The maximum atomic E-state index is 11.7. The molecule has 0 aliphatic carbocycles. The molecule has 1 rings (SSSR count). The number of rotatable bonds is 7. The van der Waals surface area contributed by atoms with Crippen molar-refractivity contribution in [3.05, 3.63) is 23.9 Å². The Balaban J connectivity index is 2.39. The second-order valence-corrected chi connectivity index (χ2v) is 4.50. The first-order valence-corrected chi connectivity index (χ1v) is 7.12. The Morgan fingerprint density at radius 2 is 2.05 bits per heavy atom. The highest BCUT2D eigenvalue weighted by atomic mass is 16.6. The van der Waals surface area contributed by atoms with E-state index in [2.05, 4.69) is 10.8 Å². The van der Waals surface area contributed by atoms with Gasteiger partial charge < -0.3 is 14.4 Å². The van der Waals surface area contributed by atoms with Crippen LogP contribution in [0, 0.1) is 12.3 Å². The van der Waals surface area contributed by atoms with Gasteiger partial charge in [0.2, 0.25) is 0 Å². The lowest BCUT2D eigenvalue weighted by Gasteiger charge is -2.24. The zero-order chi connectivity index (χ0) is 14.6. The number of allylic oxidation sites excluding steroid dienone is 2. The minimum atomic E-state index is -0.476. The van der Waals surface area contributed by atoms with Crippen molar-refractivity contribution in [3.8, 4) is 12.3 Å². The molecule has 0 spiro atoms. The number of hydrogen-bond donors (Lipinski definition) is 0. The average molecular weight is 277 g/mol. The van der Waals surface area contributed by atoms with E-state index in [1.807, 2.05) is 19.2 Å². The summed E-state index contributed by atoms with van der Waals surface area (Å²) < 4.78 is 10.1. The normalized spacial score (nSPS) is 16.2. The van der Waals surface area contributed by atoms with Crippen LogP contribution in [0.4, 0.5) is 0 Å². The molecule has 4 nitrogen and oxygen atoms in total. The van der Waals surface area contributed by atoms with Gasteiger partial charge in [-0.15, -0.1) is 6.42 Å². The predicted octanol–water partition coefficient (Wildman–Crippen LogP) is 2.13. The summed E-state index contributed by atoms with van der Waals surface area (Å²) >= 11 is 0. The Morgan fingerprint density at radius 3 is 2.70 bits per heavy atom. The van der Waals surface area contributed by atoms with Gasteiger partial charge in [0.25, 0.3) is 0 Å². The van der Waals surface area contributed by atoms with Crippen LogP contribution in [0.15, 0.2) is 23.9 Å². The van der Waals surface area contributed by atoms with Crippen molar-refractivity contribution in [1.82, 2.24) is 4.90 Å². The van der Waals surface area contributed by atoms with Gasteiger partial charge in [0.15, 0.2) is 0 Å². The molecule has 1 fully saturated rings. The van der Waals surface area contributed by atoms with E-state index >= 15 is 0 Å². The van der Waals surface area contributed by atoms with Gasteiger partial charge in [-0.05, 0) is 44.5 Å². The molecule has 0 aromatic carbocycles. The van der Waals surface area contributed by atoms with E-state index in [0.29, 0.717) is 13.2 Å². The molecule has 0 aromatic rings.